The molecule has 2 rings (SSSR count). The maximum atomic E-state index is 12.6. The van der Waals surface area contributed by atoms with E-state index in [0.29, 0.717) is 12.2 Å². The van der Waals surface area contributed by atoms with Crippen LogP contribution < -0.4 is 4.72 Å². The summed E-state index contributed by atoms with van der Waals surface area (Å²) in [5, 5.41) is 9.39. The largest absolute Gasteiger partial charge is 0.394 e. The molecule has 1 aromatic heterocycles. The normalized spacial score (nSPS) is 19.8. The molecule has 0 radical (unpaired) electrons. The average Bonchev–Trinajstić information content (AvgIpc) is 2.89. The van der Waals surface area contributed by atoms with E-state index in [1.165, 1.54) is 23.9 Å². The van der Waals surface area contributed by atoms with Crippen LogP contribution in [0.4, 0.5) is 0 Å². The Morgan fingerprint density at radius 3 is 2.81 bits per heavy atom. The van der Waals surface area contributed by atoms with Gasteiger partial charge in [0.2, 0.25) is 10.0 Å². The summed E-state index contributed by atoms with van der Waals surface area (Å²) in [6.07, 6.45) is 4.07. The topological polar surface area (TPSA) is 91.6 Å². The van der Waals surface area contributed by atoms with Crippen molar-refractivity contribution in [1.82, 2.24) is 14.2 Å². The lowest BCUT2D eigenvalue weighted by molar-refractivity contribution is 0.0494. The third-order valence-electron chi connectivity index (χ3n) is 3.88. The SMILES string of the molecule is CNS(=O)(=O)c1cc(C(=O)N2CCCCC2CO)n(C)c1. The van der Waals surface area contributed by atoms with Crippen LogP contribution in [-0.4, -0.2) is 55.1 Å². The number of likely N-dealkylation sites (tertiary alicyclic amines) is 1. The number of aromatic nitrogens is 1. The molecule has 1 aliphatic heterocycles. The van der Waals surface area contributed by atoms with Crippen LogP contribution in [0.5, 0.6) is 0 Å². The zero-order chi connectivity index (χ0) is 15.6. The lowest BCUT2D eigenvalue weighted by Crippen LogP contribution is -2.46. The van der Waals surface area contributed by atoms with Crippen LogP contribution in [0.2, 0.25) is 0 Å². The molecule has 8 heteroatoms. The van der Waals surface area contributed by atoms with Gasteiger partial charge in [0.05, 0.1) is 12.6 Å². The molecular weight excluding hydrogens is 294 g/mol. The molecule has 0 saturated carbocycles. The fourth-order valence-electron chi connectivity index (χ4n) is 2.62. The highest BCUT2D eigenvalue weighted by Gasteiger charge is 2.29. The fourth-order valence-corrected chi connectivity index (χ4v) is 3.42. The number of aliphatic hydroxyl groups is 1. The van der Waals surface area contributed by atoms with E-state index in [4.69, 9.17) is 0 Å². The summed E-state index contributed by atoms with van der Waals surface area (Å²) in [7, 11) is -0.606. The fraction of sp³-hybridized carbons (Fsp3) is 0.615. The Labute approximate surface area is 124 Å². The van der Waals surface area contributed by atoms with Crippen molar-refractivity contribution in [3.63, 3.8) is 0 Å². The predicted molar refractivity (Wildman–Crippen MR) is 77.4 cm³/mol. The van der Waals surface area contributed by atoms with Crippen LogP contribution in [0, 0.1) is 0 Å². The Morgan fingerprint density at radius 2 is 2.19 bits per heavy atom. The molecule has 0 aliphatic carbocycles. The summed E-state index contributed by atoms with van der Waals surface area (Å²) in [5.41, 5.74) is 0.309. The van der Waals surface area contributed by atoms with Crippen LogP contribution in [0.25, 0.3) is 0 Å². The Kier molecular flexibility index (Phi) is 4.70. The highest BCUT2D eigenvalue weighted by molar-refractivity contribution is 7.89. The summed E-state index contributed by atoms with van der Waals surface area (Å²) in [5.74, 6) is -0.242. The van der Waals surface area contributed by atoms with Crippen molar-refractivity contribution >= 4 is 15.9 Å². The number of hydrogen-bond donors (Lipinski definition) is 2. The molecule has 0 spiro atoms. The second-order valence-corrected chi connectivity index (χ2v) is 7.10. The van der Waals surface area contributed by atoms with Crippen molar-refractivity contribution in [2.75, 3.05) is 20.2 Å². The van der Waals surface area contributed by atoms with Crippen LogP contribution >= 0.6 is 0 Å². The number of amides is 1. The number of sulfonamides is 1. The van der Waals surface area contributed by atoms with Gasteiger partial charge in [0.1, 0.15) is 10.6 Å². The van der Waals surface area contributed by atoms with Crippen molar-refractivity contribution in [1.29, 1.82) is 0 Å². The maximum absolute atomic E-state index is 12.6. The number of piperidine rings is 1. The van der Waals surface area contributed by atoms with E-state index in [0.717, 1.165) is 19.3 Å². The lowest BCUT2D eigenvalue weighted by Gasteiger charge is -2.34. The van der Waals surface area contributed by atoms with Crippen molar-refractivity contribution in [2.24, 2.45) is 7.05 Å². The minimum Gasteiger partial charge on any atom is -0.394 e. The van der Waals surface area contributed by atoms with Crippen LogP contribution in [0.3, 0.4) is 0 Å². The van der Waals surface area contributed by atoms with Gasteiger partial charge in [-0.1, -0.05) is 0 Å². The molecule has 1 saturated heterocycles. The molecule has 1 aromatic rings. The highest BCUT2D eigenvalue weighted by Crippen LogP contribution is 2.21. The van der Waals surface area contributed by atoms with E-state index < -0.39 is 10.0 Å². The van der Waals surface area contributed by atoms with E-state index in [9.17, 15) is 18.3 Å². The number of rotatable bonds is 4. The molecule has 1 fully saturated rings. The van der Waals surface area contributed by atoms with Crippen LogP contribution in [0.1, 0.15) is 29.8 Å². The Morgan fingerprint density at radius 1 is 1.48 bits per heavy atom. The molecule has 0 bridgehead atoms. The number of nitrogens with zero attached hydrogens (tertiary/aromatic N) is 2. The molecule has 7 nitrogen and oxygen atoms in total. The molecule has 1 aliphatic rings. The van der Waals surface area contributed by atoms with Gasteiger partial charge in [-0.25, -0.2) is 13.1 Å². The molecule has 2 heterocycles. The first-order valence-electron chi connectivity index (χ1n) is 6.92. The zero-order valence-corrected chi connectivity index (χ0v) is 13.1. The summed E-state index contributed by atoms with van der Waals surface area (Å²) in [6.45, 7) is 0.515. The number of aryl methyl sites for hydroxylation is 1. The van der Waals surface area contributed by atoms with Crippen LogP contribution in [0.15, 0.2) is 17.2 Å². The van der Waals surface area contributed by atoms with Crippen molar-refractivity contribution in [2.45, 2.75) is 30.2 Å². The smallest absolute Gasteiger partial charge is 0.270 e. The first-order valence-corrected chi connectivity index (χ1v) is 8.40. The number of hydrogen-bond acceptors (Lipinski definition) is 4. The van der Waals surface area contributed by atoms with Gasteiger partial charge < -0.3 is 14.6 Å². The number of carbonyl (C=O) groups excluding carboxylic acids is 1. The Hall–Kier alpha value is -1.38. The molecule has 118 valence electrons. The van der Waals surface area contributed by atoms with E-state index in [2.05, 4.69) is 4.72 Å². The number of nitrogens with one attached hydrogen (secondary N) is 1. The summed E-state index contributed by atoms with van der Waals surface area (Å²) in [6, 6.07) is 1.18. The van der Waals surface area contributed by atoms with Crippen molar-refractivity contribution < 1.29 is 18.3 Å². The minimum absolute atomic E-state index is 0.0633. The van der Waals surface area contributed by atoms with E-state index >= 15 is 0 Å². The lowest BCUT2D eigenvalue weighted by atomic mass is 10.0. The van der Waals surface area contributed by atoms with E-state index in [1.54, 1.807) is 11.9 Å². The standard InChI is InChI=1S/C13H21N3O4S/c1-14-21(19,20)11-7-12(15(2)8-11)13(18)16-6-4-3-5-10(16)9-17/h7-8,10,14,17H,3-6,9H2,1-2H3. The highest BCUT2D eigenvalue weighted by atomic mass is 32.2. The van der Waals surface area contributed by atoms with Gasteiger partial charge in [0, 0.05) is 19.8 Å². The molecule has 21 heavy (non-hydrogen) atoms. The predicted octanol–water partition coefficient (Wildman–Crippen LogP) is -0.0798. The van der Waals surface area contributed by atoms with Crippen LogP contribution in [-0.2, 0) is 17.1 Å². The van der Waals surface area contributed by atoms with Gasteiger partial charge in [-0.15, -0.1) is 0 Å². The first kappa shape index (κ1) is 16.0. The zero-order valence-electron chi connectivity index (χ0n) is 12.2. The van der Waals surface area contributed by atoms with Crippen molar-refractivity contribution in [3.05, 3.63) is 18.0 Å². The summed E-state index contributed by atoms with van der Waals surface area (Å²) >= 11 is 0. The second-order valence-electron chi connectivity index (χ2n) is 5.21. The van der Waals surface area contributed by atoms with E-state index in [-0.39, 0.29) is 23.5 Å². The van der Waals surface area contributed by atoms with Gasteiger partial charge in [-0.3, -0.25) is 4.79 Å². The maximum Gasteiger partial charge on any atom is 0.270 e. The number of aliphatic hydroxyl groups excluding tert-OH is 1. The summed E-state index contributed by atoms with van der Waals surface area (Å²) in [4.78, 5) is 14.3. The molecular formula is C13H21N3O4S. The summed E-state index contributed by atoms with van der Waals surface area (Å²) < 4.78 is 27.3. The van der Waals surface area contributed by atoms with E-state index in [1.807, 2.05) is 0 Å². The minimum atomic E-state index is -3.57. The quantitative estimate of drug-likeness (QED) is 0.813. The molecule has 1 amide bonds. The van der Waals surface area contributed by atoms with Gasteiger partial charge in [-0.2, -0.15) is 0 Å². The Balaban J connectivity index is 2.31. The second kappa shape index (κ2) is 6.17. The molecule has 2 N–H and O–H groups in total. The molecule has 1 atom stereocenters. The third kappa shape index (κ3) is 3.12. The molecule has 0 aromatic carbocycles. The Bertz CT molecular complexity index is 623. The third-order valence-corrected chi connectivity index (χ3v) is 5.26. The van der Waals surface area contributed by atoms with Crippen molar-refractivity contribution in [3.8, 4) is 0 Å². The number of carbonyl (C=O) groups is 1. The van der Waals surface area contributed by atoms with Gasteiger partial charge in [-0.05, 0) is 32.4 Å². The van der Waals surface area contributed by atoms with Gasteiger partial charge in [0.15, 0.2) is 0 Å². The van der Waals surface area contributed by atoms with Gasteiger partial charge in [0.25, 0.3) is 5.91 Å². The van der Waals surface area contributed by atoms with Gasteiger partial charge >= 0.3 is 0 Å². The first-order chi connectivity index (χ1) is 9.90. The average molecular weight is 315 g/mol. The monoisotopic (exact) mass is 315 g/mol. The molecule has 1 unspecified atom stereocenters.